The lowest BCUT2D eigenvalue weighted by molar-refractivity contribution is 0.0203. The van der Waals surface area contributed by atoms with Crippen molar-refractivity contribution in [3.05, 3.63) is 24.5 Å². The molecule has 0 unspecified atom stereocenters. The van der Waals surface area contributed by atoms with Crippen molar-refractivity contribution in [1.29, 1.82) is 0 Å². The Morgan fingerprint density at radius 1 is 1.23 bits per heavy atom. The highest BCUT2D eigenvalue weighted by molar-refractivity contribution is 5.52. The van der Waals surface area contributed by atoms with Crippen LogP contribution in [0.5, 0.6) is 0 Å². The van der Waals surface area contributed by atoms with Gasteiger partial charge in [0.15, 0.2) is 0 Å². The Bertz CT molecular complexity index is 647. The number of hydrogen-bond donors (Lipinski definition) is 2. The minimum absolute atomic E-state index is 0.138. The van der Waals surface area contributed by atoms with Crippen molar-refractivity contribution >= 4 is 11.6 Å². The number of nitrogens with two attached hydrogens (primary N) is 1. The van der Waals surface area contributed by atoms with Gasteiger partial charge in [0.05, 0.1) is 6.10 Å². The summed E-state index contributed by atoms with van der Waals surface area (Å²) in [7, 11) is 0. The van der Waals surface area contributed by atoms with Gasteiger partial charge in [0.25, 0.3) is 0 Å². The number of anilines is 2. The second-order valence-electron chi connectivity index (χ2n) is 7.83. The van der Waals surface area contributed by atoms with Crippen molar-refractivity contribution in [2.45, 2.75) is 37.8 Å². The number of hydrogen-bond acceptors (Lipinski definition) is 7. The molecule has 0 amide bonds. The molecule has 0 saturated carbocycles. The largest absolute Gasteiger partial charge is 0.391 e. The van der Waals surface area contributed by atoms with Crippen LogP contribution in [0.25, 0.3) is 0 Å². The van der Waals surface area contributed by atoms with Crippen LogP contribution in [0.1, 0.15) is 25.7 Å². The van der Waals surface area contributed by atoms with Gasteiger partial charge in [-0.3, -0.25) is 0 Å². The molecule has 3 aliphatic rings. The number of aromatic nitrogens is 2. The number of rotatable bonds is 3. The first-order valence-corrected chi connectivity index (χ1v) is 9.64. The summed E-state index contributed by atoms with van der Waals surface area (Å²) < 4.78 is 5.59. The van der Waals surface area contributed by atoms with Crippen molar-refractivity contribution in [2.24, 2.45) is 11.1 Å². The Kier molecular flexibility index (Phi) is 5.11. The van der Waals surface area contributed by atoms with Crippen LogP contribution in [0.2, 0.25) is 0 Å². The molecule has 7 nitrogen and oxygen atoms in total. The van der Waals surface area contributed by atoms with E-state index in [1.165, 1.54) is 0 Å². The molecular weight excluding hydrogens is 330 g/mol. The third-order valence-corrected chi connectivity index (χ3v) is 6.04. The summed E-state index contributed by atoms with van der Waals surface area (Å²) in [6.45, 7) is 4.65. The molecule has 2 fully saturated rings. The van der Waals surface area contributed by atoms with Crippen molar-refractivity contribution in [3.63, 3.8) is 0 Å². The monoisotopic (exact) mass is 359 g/mol. The lowest BCUT2D eigenvalue weighted by Crippen LogP contribution is -2.41. The molecule has 1 aromatic rings. The summed E-state index contributed by atoms with van der Waals surface area (Å²) in [5.41, 5.74) is 6.17. The summed E-state index contributed by atoms with van der Waals surface area (Å²) >= 11 is 0. The highest BCUT2D eigenvalue weighted by Gasteiger charge is 2.35. The maximum absolute atomic E-state index is 10.0. The molecule has 7 heteroatoms. The van der Waals surface area contributed by atoms with Crippen LogP contribution in [-0.4, -0.2) is 66.6 Å². The SMILES string of the molecule is NC[C@H]1C[C@@H](O)CN1c1cc(N2CC=CCC3(CCOCC3)C2)ncn1. The molecule has 4 heterocycles. The number of nitrogens with zero attached hydrogens (tertiary/aromatic N) is 4. The molecule has 0 aromatic carbocycles. The zero-order valence-electron chi connectivity index (χ0n) is 15.3. The van der Waals surface area contributed by atoms with E-state index in [-0.39, 0.29) is 17.6 Å². The Labute approximate surface area is 154 Å². The predicted octanol–water partition coefficient (Wildman–Crippen LogP) is 0.938. The summed E-state index contributed by atoms with van der Waals surface area (Å²) in [6, 6.07) is 2.19. The van der Waals surface area contributed by atoms with Gasteiger partial charge in [-0.05, 0) is 31.1 Å². The number of aliphatic hydroxyl groups is 1. The predicted molar refractivity (Wildman–Crippen MR) is 101 cm³/mol. The fraction of sp³-hybridized carbons (Fsp3) is 0.684. The van der Waals surface area contributed by atoms with Gasteiger partial charge < -0.3 is 25.4 Å². The molecule has 1 aromatic heterocycles. The molecule has 1 spiro atoms. The molecule has 2 saturated heterocycles. The molecule has 142 valence electrons. The number of ether oxygens (including phenoxy) is 1. The Morgan fingerprint density at radius 3 is 2.85 bits per heavy atom. The summed E-state index contributed by atoms with van der Waals surface area (Å²) in [5, 5.41) is 10.0. The van der Waals surface area contributed by atoms with Crippen molar-refractivity contribution < 1.29 is 9.84 Å². The van der Waals surface area contributed by atoms with E-state index in [2.05, 4.69) is 31.9 Å². The van der Waals surface area contributed by atoms with Gasteiger partial charge in [0.1, 0.15) is 18.0 Å². The Balaban J connectivity index is 1.56. The number of aliphatic hydroxyl groups excluding tert-OH is 1. The first-order valence-electron chi connectivity index (χ1n) is 9.64. The Hall–Kier alpha value is -1.70. The third kappa shape index (κ3) is 3.56. The van der Waals surface area contributed by atoms with E-state index in [9.17, 15) is 5.11 Å². The van der Waals surface area contributed by atoms with E-state index >= 15 is 0 Å². The van der Waals surface area contributed by atoms with Crippen molar-refractivity contribution in [1.82, 2.24) is 9.97 Å². The molecule has 4 rings (SSSR count). The Morgan fingerprint density at radius 2 is 2.04 bits per heavy atom. The summed E-state index contributed by atoms with van der Waals surface area (Å²) in [6.07, 6.45) is 9.85. The van der Waals surface area contributed by atoms with Gasteiger partial charge in [0.2, 0.25) is 0 Å². The normalized spacial score (nSPS) is 28.5. The molecule has 26 heavy (non-hydrogen) atoms. The molecular formula is C19H29N5O2. The fourth-order valence-corrected chi connectivity index (χ4v) is 4.47. The van der Waals surface area contributed by atoms with Crippen molar-refractivity contribution in [3.8, 4) is 0 Å². The minimum atomic E-state index is -0.339. The van der Waals surface area contributed by atoms with Crippen LogP contribution in [0.4, 0.5) is 11.6 Å². The maximum Gasteiger partial charge on any atom is 0.134 e. The van der Waals surface area contributed by atoms with Crippen LogP contribution in [0.3, 0.4) is 0 Å². The smallest absolute Gasteiger partial charge is 0.134 e. The fourth-order valence-electron chi connectivity index (χ4n) is 4.47. The number of β-amino-alcohol motifs (C(OH)–C–C–N with tert-alkyl or cyclic N) is 1. The highest BCUT2D eigenvalue weighted by Crippen LogP contribution is 2.38. The van der Waals surface area contributed by atoms with Crippen LogP contribution in [0, 0.1) is 5.41 Å². The van der Waals surface area contributed by atoms with E-state index in [1.54, 1.807) is 6.33 Å². The van der Waals surface area contributed by atoms with Crippen LogP contribution >= 0.6 is 0 Å². The lowest BCUT2D eigenvalue weighted by atomic mass is 9.77. The second kappa shape index (κ2) is 7.50. The molecule has 3 N–H and O–H groups in total. The van der Waals surface area contributed by atoms with Crippen LogP contribution in [0.15, 0.2) is 24.5 Å². The minimum Gasteiger partial charge on any atom is -0.391 e. The van der Waals surface area contributed by atoms with E-state index in [1.807, 2.05) is 6.07 Å². The van der Waals surface area contributed by atoms with Crippen LogP contribution < -0.4 is 15.5 Å². The maximum atomic E-state index is 10.0. The topological polar surface area (TPSA) is 87.7 Å². The number of allylic oxidation sites excluding steroid dienone is 1. The molecule has 0 aliphatic carbocycles. The van der Waals surface area contributed by atoms with E-state index in [0.717, 1.165) is 57.2 Å². The van der Waals surface area contributed by atoms with Gasteiger partial charge in [-0.2, -0.15) is 0 Å². The summed E-state index contributed by atoms with van der Waals surface area (Å²) in [4.78, 5) is 13.5. The zero-order valence-corrected chi connectivity index (χ0v) is 15.3. The van der Waals surface area contributed by atoms with E-state index < -0.39 is 0 Å². The van der Waals surface area contributed by atoms with E-state index in [4.69, 9.17) is 10.5 Å². The lowest BCUT2D eigenvalue weighted by Gasteiger charge is -2.39. The average molecular weight is 359 g/mol. The third-order valence-electron chi connectivity index (χ3n) is 6.04. The molecule has 0 bridgehead atoms. The highest BCUT2D eigenvalue weighted by atomic mass is 16.5. The van der Waals surface area contributed by atoms with Gasteiger partial charge in [-0.15, -0.1) is 0 Å². The second-order valence-corrected chi connectivity index (χ2v) is 7.83. The molecule has 0 radical (unpaired) electrons. The standard InChI is InChI=1S/C19H29N5O2/c20-11-15-9-16(25)12-24(15)18-10-17(21-14-22-18)23-6-2-1-3-19(13-23)4-7-26-8-5-19/h1-2,10,14-16,25H,3-9,11-13,20H2/t15-,16-/m1/s1. The first kappa shape index (κ1) is 17.7. The van der Waals surface area contributed by atoms with Gasteiger partial charge in [0, 0.05) is 51.5 Å². The average Bonchev–Trinajstić information content (AvgIpc) is 2.94. The van der Waals surface area contributed by atoms with Gasteiger partial charge >= 0.3 is 0 Å². The summed E-state index contributed by atoms with van der Waals surface area (Å²) in [5.74, 6) is 1.81. The van der Waals surface area contributed by atoms with Gasteiger partial charge in [-0.25, -0.2) is 9.97 Å². The van der Waals surface area contributed by atoms with Crippen LogP contribution in [-0.2, 0) is 4.74 Å². The zero-order chi connectivity index (χ0) is 18.0. The first-order chi connectivity index (χ1) is 12.7. The van der Waals surface area contributed by atoms with Gasteiger partial charge in [-0.1, -0.05) is 12.2 Å². The molecule has 3 aliphatic heterocycles. The molecule has 2 atom stereocenters. The van der Waals surface area contributed by atoms with E-state index in [0.29, 0.717) is 19.5 Å². The van der Waals surface area contributed by atoms with Crippen molar-refractivity contribution in [2.75, 3.05) is 49.2 Å². The quantitative estimate of drug-likeness (QED) is 0.777.